The van der Waals surface area contributed by atoms with Crippen LogP contribution in [0, 0.1) is 10.1 Å². The quantitative estimate of drug-likeness (QED) is 0.526. The first-order valence-corrected chi connectivity index (χ1v) is 9.69. The van der Waals surface area contributed by atoms with Crippen molar-refractivity contribution in [1.29, 1.82) is 0 Å². The molecule has 0 saturated heterocycles. The number of nitrogens with zero attached hydrogens (tertiary/aromatic N) is 1. The van der Waals surface area contributed by atoms with Crippen LogP contribution in [0.3, 0.4) is 0 Å². The molecule has 0 saturated carbocycles. The van der Waals surface area contributed by atoms with E-state index in [4.69, 9.17) is 0 Å². The lowest BCUT2D eigenvalue weighted by Gasteiger charge is -2.18. The first-order chi connectivity index (χ1) is 12.0. The van der Waals surface area contributed by atoms with E-state index in [0.717, 1.165) is 10.4 Å². The molecule has 3 rings (SSSR count). The lowest BCUT2D eigenvalue weighted by Crippen LogP contribution is -2.29. The minimum Gasteiger partial charge on any atom is -0.258 e. The smallest absolute Gasteiger partial charge is 0.258 e. The zero-order chi connectivity index (χ0) is 17.9. The van der Waals surface area contributed by atoms with Crippen LogP contribution in [0.4, 0.5) is 5.69 Å². The van der Waals surface area contributed by atoms with Gasteiger partial charge in [0.2, 0.25) is 10.0 Å². The van der Waals surface area contributed by atoms with Crippen molar-refractivity contribution in [3.63, 3.8) is 0 Å². The molecule has 2 aromatic carbocycles. The third-order valence-electron chi connectivity index (χ3n) is 3.59. The summed E-state index contributed by atoms with van der Waals surface area (Å²) in [6.07, 6.45) is 0. The Labute approximate surface area is 149 Å². The van der Waals surface area contributed by atoms with Crippen LogP contribution < -0.4 is 4.72 Å². The highest BCUT2D eigenvalue weighted by atomic mass is 32.2. The van der Waals surface area contributed by atoms with E-state index in [-0.39, 0.29) is 4.90 Å². The summed E-state index contributed by atoms with van der Waals surface area (Å²) in [5, 5.41) is 13.0. The Kier molecular flexibility index (Phi) is 4.93. The van der Waals surface area contributed by atoms with E-state index in [1.54, 1.807) is 0 Å². The summed E-state index contributed by atoms with van der Waals surface area (Å²) in [6, 6.07) is 17.4. The minimum atomic E-state index is -4.09. The molecule has 0 amide bonds. The number of thiophene rings is 1. The fourth-order valence-corrected chi connectivity index (χ4v) is 4.70. The molecule has 3 aromatic rings. The van der Waals surface area contributed by atoms with Crippen molar-refractivity contribution in [1.82, 2.24) is 4.72 Å². The second-order valence-electron chi connectivity index (χ2n) is 5.21. The molecule has 0 bridgehead atoms. The number of nitro benzene ring substituents is 1. The average molecular weight is 374 g/mol. The fourth-order valence-electron chi connectivity index (χ4n) is 2.45. The molecule has 1 atom stereocenters. The molecular formula is C17H14N2O4S2. The SMILES string of the molecule is O=[N+]([O-])c1ccccc1S(=O)(=O)N[C@@H](c1ccccc1)c1cccs1. The first-order valence-electron chi connectivity index (χ1n) is 7.33. The van der Waals surface area contributed by atoms with Crippen LogP contribution in [0.5, 0.6) is 0 Å². The highest BCUT2D eigenvalue weighted by molar-refractivity contribution is 7.89. The van der Waals surface area contributed by atoms with Crippen LogP contribution in [0.2, 0.25) is 0 Å². The summed E-state index contributed by atoms with van der Waals surface area (Å²) in [4.78, 5) is 10.9. The van der Waals surface area contributed by atoms with Crippen molar-refractivity contribution in [2.45, 2.75) is 10.9 Å². The van der Waals surface area contributed by atoms with Crippen molar-refractivity contribution in [2.24, 2.45) is 0 Å². The van der Waals surface area contributed by atoms with Gasteiger partial charge in [0.05, 0.1) is 11.0 Å². The Bertz CT molecular complexity index is 971. The van der Waals surface area contributed by atoms with Gasteiger partial charge in [0.1, 0.15) is 0 Å². The Balaban J connectivity index is 2.04. The van der Waals surface area contributed by atoms with Crippen molar-refractivity contribution >= 4 is 27.0 Å². The van der Waals surface area contributed by atoms with E-state index in [9.17, 15) is 18.5 Å². The summed E-state index contributed by atoms with van der Waals surface area (Å²) >= 11 is 1.41. The molecule has 0 unspecified atom stereocenters. The molecule has 1 aromatic heterocycles. The van der Waals surface area contributed by atoms with E-state index >= 15 is 0 Å². The van der Waals surface area contributed by atoms with Crippen molar-refractivity contribution in [2.75, 3.05) is 0 Å². The van der Waals surface area contributed by atoms with Gasteiger partial charge in [0.25, 0.3) is 5.69 Å². The van der Waals surface area contributed by atoms with Crippen molar-refractivity contribution < 1.29 is 13.3 Å². The number of nitrogens with one attached hydrogen (secondary N) is 1. The molecule has 1 heterocycles. The van der Waals surface area contributed by atoms with Gasteiger partial charge in [0.15, 0.2) is 4.90 Å². The molecule has 0 fully saturated rings. The molecule has 0 spiro atoms. The van der Waals surface area contributed by atoms with Crippen LogP contribution >= 0.6 is 11.3 Å². The lowest BCUT2D eigenvalue weighted by atomic mass is 10.1. The Hall–Kier alpha value is -2.55. The summed E-state index contributed by atoms with van der Waals surface area (Å²) in [5.74, 6) is 0. The number of hydrogen-bond donors (Lipinski definition) is 1. The summed E-state index contributed by atoms with van der Waals surface area (Å²) in [6.45, 7) is 0. The zero-order valence-electron chi connectivity index (χ0n) is 12.9. The highest BCUT2D eigenvalue weighted by Crippen LogP contribution is 2.30. The van der Waals surface area contributed by atoms with Gasteiger partial charge in [-0.3, -0.25) is 10.1 Å². The summed E-state index contributed by atoms with van der Waals surface area (Å²) in [5.41, 5.74) is 0.306. The van der Waals surface area contributed by atoms with Crippen LogP contribution in [-0.4, -0.2) is 13.3 Å². The van der Waals surface area contributed by atoms with Gasteiger partial charge in [0, 0.05) is 10.9 Å². The third kappa shape index (κ3) is 3.76. The Morgan fingerprint density at radius 2 is 1.64 bits per heavy atom. The van der Waals surface area contributed by atoms with Gasteiger partial charge in [-0.05, 0) is 23.1 Å². The van der Waals surface area contributed by atoms with Crippen LogP contribution in [0.1, 0.15) is 16.5 Å². The molecule has 1 N–H and O–H groups in total. The molecule has 0 aliphatic carbocycles. The number of benzene rings is 2. The molecule has 25 heavy (non-hydrogen) atoms. The lowest BCUT2D eigenvalue weighted by molar-refractivity contribution is -0.387. The topological polar surface area (TPSA) is 89.3 Å². The molecular weight excluding hydrogens is 360 g/mol. The van der Waals surface area contributed by atoms with E-state index in [1.807, 2.05) is 47.8 Å². The second kappa shape index (κ2) is 7.14. The van der Waals surface area contributed by atoms with Gasteiger partial charge in [-0.2, -0.15) is 4.72 Å². The van der Waals surface area contributed by atoms with Gasteiger partial charge in [-0.15, -0.1) is 11.3 Å². The summed E-state index contributed by atoms with van der Waals surface area (Å²) < 4.78 is 28.3. The number of hydrogen-bond acceptors (Lipinski definition) is 5. The van der Waals surface area contributed by atoms with E-state index in [2.05, 4.69) is 4.72 Å². The van der Waals surface area contributed by atoms with Crippen molar-refractivity contribution in [3.8, 4) is 0 Å². The molecule has 0 radical (unpaired) electrons. The Morgan fingerprint density at radius 3 is 2.28 bits per heavy atom. The monoisotopic (exact) mass is 374 g/mol. The standard InChI is InChI=1S/C17H14N2O4S2/c20-19(21)14-9-4-5-11-16(14)25(22,23)18-17(15-10-6-12-24-15)13-7-2-1-3-8-13/h1-12,17-18H/t17-/m0/s1. The average Bonchev–Trinajstić information content (AvgIpc) is 3.15. The van der Waals surface area contributed by atoms with Gasteiger partial charge < -0.3 is 0 Å². The number of sulfonamides is 1. The normalized spacial score (nSPS) is 12.6. The largest absolute Gasteiger partial charge is 0.289 e. The predicted octanol–water partition coefficient (Wildman–Crippen LogP) is 3.72. The zero-order valence-corrected chi connectivity index (χ0v) is 14.5. The van der Waals surface area contributed by atoms with Gasteiger partial charge in [-0.25, -0.2) is 8.42 Å². The highest BCUT2D eigenvalue weighted by Gasteiger charge is 2.29. The van der Waals surface area contributed by atoms with Gasteiger partial charge >= 0.3 is 0 Å². The molecule has 0 aliphatic rings. The van der Waals surface area contributed by atoms with Crippen LogP contribution in [0.15, 0.2) is 77.0 Å². The van der Waals surface area contributed by atoms with Crippen molar-refractivity contribution in [3.05, 3.63) is 92.7 Å². The van der Waals surface area contributed by atoms with E-state index < -0.39 is 26.7 Å². The maximum absolute atomic E-state index is 12.8. The maximum atomic E-state index is 12.8. The van der Waals surface area contributed by atoms with Gasteiger partial charge in [-0.1, -0.05) is 48.5 Å². The number of nitro groups is 1. The number of para-hydroxylation sites is 1. The first kappa shape index (κ1) is 17.3. The van der Waals surface area contributed by atoms with Crippen LogP contribution in [0.25, 0.3) is 0 Å². The molecule has 8 heteroatoms. The van der Waals surface area contributed by atoms with E-state index in [0.29, 0.717) is 0 Å². The minimum absolute atomic E-state index is 0.350. The van der Waals surface area contributed by atoms with Crippen LogP contribution in [-0.2, 0) is 10.0 Å². The molecule has 128 valence electrons. The Morgan fingerprint density at radius 1 is 0.960 bits per heavy atom. The molecule has 6 nitrogen and oxygen atoms in total. The summed E-state index contributed by atoms with van der Waals surface area (Å²) in [7, 11) is -4.09. The third-order valence-corrected chi connectivity index (χ3v) is 5.99. The van der Waals surface area contributed by atoms with E-state index in [1.165, 1.54) is 35.6 Å². The maximum Gasteiger partial charge on any atom is 0.289 e. The predicted molar refractivity (Wildman–Crippen MR) is 96.0 cm³/mol. The number of rotatable bonds is 6. The molecule has 0 aliphatic heterocycles. The second-order valence-corrected chi connectivity index (χ2v) is 7.87. The fraction of sp³-hybridized carbons (Fsp3) is 0.0588.